The predicted octanol–water partition coefficient (Wildman–Crippen LogP) is 3.98. The van der Waals surface area contributed by atoms with Crippen LogP contribution in [0, 0.1) is 5.92 Å². The van der Waals surface area contributed by atoms with Crippen LogP contribution in [0.1, 0.15) is 12.5 Å². The molecule has 1 N–H and O–H groups in total. The lowest BCUT2D eigenvalue weighted by molar-refractivity contribution is 0.244. The van der Waals surface area contributed by atoms with Crippen molar-refractivity contribution in [1.82, 2.24) is 9.88 Å². The quantitative estimate of drug-likeness (QED) is 0.830. The van der Waals surface area contributed by atoms with Crippen molar-refractivity contribution in [2.24, 2.45) is 5.92 Å². The molecule has 2 aromatic rings. The Hall–Kier alpha value is -1.06. The highest BCUT2D eigenvalue weighted by molar-refractivity contribution is 9.10. The molecular weight excluding hydrogens is 300 g/mol. The van der Waals surface area contributed by atoms with E-state index in [0.29, 0.717) is 12.0 Å². The summed E-state index contributed by atoms with van der Waals surface area (Å²) in [7, 11) is 2.22. The Kier molecular flexibility index (Phi) is 3.50. The first-order valence-corrected chi connectivity index (χ1v) is 7.57. The van der Waals surface area contributed by atoms with Gasteiger partial charge in [0.15, 0.2) is 0 Å². The van der Waals surface area contributed by atoms with Crippen LogP contribution in [-0.2, 0) is 6.42 Å². The first kappa shape index (κ1) is 12.9. The molecule has 0 unspecified atom stereocenters. The standard InChI is InChI=1S/C16H19BrN2/c1-11-6-7-13(19(2)10-11)8-12-9-18-15-5-3-4-14(17)16(12)15/h3-7,9,11,13,18H,8,10H2,1-2H3/t11-,13-/m0/s1. The third-order valence-electron chi connectivity index (χ3n) is 3.97. The maximum atomic E-state index is 3.66. The molecule has 0 radical (unpaired) electrons. The number of H-pyrrole nitrogens is 1. The van der Waals surface area contributed by atoms with Crippen molar-refractivity contribution in [2.75, 3.05) is 13.6 Å². The largest absolute Gasteiger partial charge is 0.361 e. The molecule has 2 atom stereocenters. The van der Waals surface area contributed by atoms with Crippen molar-refractivity contribution in [1.29, 1.82) is 0 Å². The summed E-state index contributed by atoms with van der Waals surface area (Å²) in [6.45, 7) is 3.41. The van der Waals surface area contributed by atoms with Crippen LogP contribution in [0.4, 0.5) is 0 Å². The van der Waals surface area contributed by atoms with Crippen LogP contribution in [0.15, 0.2) is 41.0 Å². The van der Waals surface area contributed by atoms with Gasteiger partial charge in [-0.25, -0.2) is 0 Å². The van der Waals surface area contributed by atoms with Gasteiger partial charge in [0, 0.05) is 34.2 Å². The number of benzene rings is 1. The average molecular weight is 319 g/mol. The van der Waals surface area contributed by atoms with Crippen LogP contribution in [0.25, 0.3) is 10.9 Å². The van der Waals surface area contributed by atoms with Gasteiger partial charge in [-0.2, -0.15) is 0 Å². The van der Waals surface area contributed by atoms with Crippen molar-refractivity contribution >= 4 is 26.8 Å². The summed E-state index contributed by atoms with van der Waals surface area (Å²) >= 11 is 3.66. The SMILES string of the molecule is C[C@H]1C=C[C@@H](Cc2c[nH]c3cccc(Br)c23)N(C)C1. The molecule has 1 aliphatic heterocycles. The van der Waals surface area contributed by atoms with Gasteiger partial charge in [0.2, 0.25) is 0 Å². The van der Waals surface area contributed by atoms with Gasteiger partial charge in [0.1, 0.15) is 0 Å². The first-order valence-electron chi connectivity index (χ1n) is 6.78. The maximum Gasteiger partial charge on any atom is 0.0468 e. The van der Waals surface area contributed by atoms with E-state index in [0.717, 1.165) is 13.0 Å². The minimum atomic E-state index is 0.502. The van der Waals surface area contributed by atoms with E-state index in [1.807, 2.05) is 0 Å². The molecule has 0 saturated heterocycles. The maximum absolute atomic E-state index is 3.66. The molecule has 0 amide bonds. The fraction of sp³-hybridized carbons (Fsp3) is 0.375. The van der Waals surface area contributed by atoms with E-state index >= 15 is 0 Å². The zero-order chi connectivity index (χ0) is 13.4. The highest BCUT2D eigenvalue weighted by Crippen LogP contribution is 2.29. The Morgan fingerprint density at radius 3 is 3.00 bits per heavy atom. The molecule has 0 aliphatic carbocycles. The number of hydrogen-bond donors (Lipinski definition) is 1. The monoisotopic (exact) mass is 318 g/mol. The van der Waals surface area contributed by atoms with Crippen molar-refractivity contribution in [3.63, 3.8) is 0 Å². The highest BCUT2D eigenvalue weighted by atomic mass is 79.9. The van der Waals surface area contributed by atoms with Crippen molar-refractivity contribution in [3.8, 4) is 0 Å². The molecule has 1 aromatic carbocycles. The summed E-state index contributed by atoms with van der Waals surface area (Å²) in [6.07, 6.45) is 7.90. The van der Waals surface area contributed by atoms with E-state index in [-0.39, 0.29) is 0 Å². The molecule has 1 aliphatic rings. The third-order valence-corrected chi connectivity index (χ3v) is 4.63. The number of aromatic nitrogens is 1. The van der Waals surface area contributed by atoms with Crippen LogP contribution in [0.5, 0.6) is 0 Å². The molecule has 3 rings (SSSR count). The summed E-state index contributed by atoms with van der Waals surface area (Å²) in [6, 6.07) is 6.82. The number of hydrogen-bond acceptors (Lipinski definition) is 1. The van der Waals surface area contributed by atoms with E-state index < -0.39 is 0 Å². The molecule has 2 heterocycles. The number of nitrogens with zero attached hydrogens (tertiary/aromatic N) is 1. The van der Waals surface area contributed by atoms with Gasteiger partial charge >= 0.3 is 0 Å². The minimum absolute atomic E-state index is 0.502. The molecule has 1 aromatic heterocycles. The zero-order valence-corrected chi connectivity index (χ0v) is 12.9. The second-order valence-electron chi connectivity index (χ2n) is 5.55. The highest BCUT2D eigenvalue weighted by Gasteiger charge is 2.20. The number of fused-ring (bicyclic) bond motifs is 1. The second-order valence-corrected chi connectivity index (χ2v) is 6.40. The van der Waals surface area contributed by atoms with Crippen LogP contribution in [-0.4, -0.2) is 29.5 Å². The third kappa shape index (κ3) is 2.49. The molecule has 19 heavy (non-hydrogen) atoms. The van der Waals surface area contributed by atoms with Crippen molar-refractivity contribution in [2.45, 2.75) is 19.4 Å². The topological polar surface area (TPSA) is 19.0 Å². The van der Waals surface area contributed by atoms with Gasteiger partial charge in [-0.3, -0.25) is 4.90 Å². The molecule has 2 nitrogen and oxygen atoms in total. The van der Waals surface area contributed by atoms with Crippen molar-refractivity contribution in [3.05, 3.63) is 46.6 Å². The normalized spacial score (nSPS) is 24.2. The lowest BCUT2D eigenvalue weighted by Gasteiger charge is -2.31. The fourth-order valence-corrected chi connectivity index (χ4v) is 3.55. The average Bonchev–Trinajstić information content (AvgIpc) is 2.77. The van der Waals surface area contributed by atoms with Gasteiger partial charge in [0.05, 0.1) is 0 Å². The van der Waals surface area contributed by atoms with Crippen molar-refractivity contribution < 1.29 is 0 Å². The molecule has 0 spiro atoms. The molecule has 3 heteroatoms. The Morgan fingerprint density at radius 2 is 2.21 bits per heavy atom. The van der Waals surface area contributed by atoms with E-state index in [1.54, 1.807) is 0 Å². The van der Waals surface area contributed by atoms with E-state index in [9.17, 15) is 0 Å². The fourth-order valence-electron chi connectivity index (χ4n) is 2.93. The van der Waals surface area contributed by atoms with Gasteiger partial charge < -0.3 is 4.98 Å². The Balaban J connectivity index is 1.92. The molecule has 0 saturated carbocycles. The lowest BCUT2D eigenvalue weighted by Crippen LogP contribution is -2.37. The zero-order valence-electron chi connectivity index (χ0n) is 11.4. The number of halogens is 1. The summed E-state index contributed by atoms with van der Waals surface area (Å²) in [5.41, 5.74) is 2.60. The van der Waals surface area contributed by atoms with E-state index in [2.05, 4.69) is 76.3 Å². The van der Waals surface area contributed by atoms with E-state index in [4.69, 9.17) is 0 Å². The summed E-state index contributed by atoms with van der Waals surface area (Å²) < 4.78 is 1.18. The van der Waals surface area contributed by atoms with Gasteiger partial charge in [-0.15, -0.1) is 0 Å². The van der Waals surface area contributed by atoms with Gasteiger partial charge in [-0.05, 0) is 37.1 Å². The predicted molar refractivity (Wildman–Crippen MR) is 84.4 cm³/mol. The molecule has 0 bridgehead atoms. The van der Waals surface area contributed by atoms with Crippen LogP contribution < -0.4 is 0 Å². The number of rotatable bonds is 2. The summed E-state index contributed by atoms with van der Waals surface area (Å²) in [5.74, 6) is 0.663. The molecular formula is C16H19BrN2. The van der Waals surface area contributed by atoms with Crippen LogP contribution in [0.3, 0.4) is 0 Å². The van der Waals surface area contributed by atoms with Gasteiger partial charge in [0.25, 0.3) is 0 Å². The first-order chi connectivity index (χ1) is 9.15. The molecule has 0 fully saturated rings. The summed E-state index contributed by atoms with van der Waals surface area (Å²) in [5, 5.41) is 1.32. The summed E-state index contributed by atoms with van der Waals surface area (Å²) in [4.78, 5) is 5.81. The Morgan fingerprint density at radius 1 is 1.37 bits per heavy atom. The number of nitrogens with one attached hydrogen (secondary N) is 1. The lowest BCUT2D eigenvalue weighted by atomic mass is 9.97. The van der Waals surface area contributed by atoms with Crippen LogP contribution >= 0.6 is 15.9 Å². The van der Waals surface area contributed by atoms with E-state index in [1.165, 1.54) is 20.9 Å². The Bertz CT molecular complexity index is 614. The van der Waals surface area contributed by atoms with Crippen LogP contribution in [0.2, 0.25) is 0 Å². The molecule has 100 valence electrons. The number of likely N-dealkylation sites (N-methyl/N-ethyl adjacent to an activating group) is 1. The van der Waals surface area contributed by atoms with Gasteiger partial charge in [-0.1, -0.05) is 41.1 Å². The second kappa shape index (κ2) is 5.14. The minimum Gasteiger partial charge on any atom is -0.361 e. The Labute approximate surface area is 122 Å². The smallest absolute Gasteiger partial charge is 0.0468 e. The number of aromatic amines is 1.